The molecule has 17 heavy (non-hydrogen) atoms. The number of fused-ring (bicyclic) bond motifs is 1. The highest BCUT2D eigenvalue weighted by molar-refractivity contribution is 5.81. The molecule has 2 rings (SSSR count). The number of aliphatic carboxylic acids is 2. The van der Waals surface area contributed by atoms with Crippen molar-refractivity contribution in [2.45, 2.75) is 12.8 Å². The van der Waals surface area contributed by atoms with Gasteiger partial charge in [-0.25, -0.2) is 0 Å². The Kier molecular flexibility index (Phi) is 4.75. The smallest absolute Gasteiger partial charge is 0.303 e. The van der Waals surface area contributed by atoms with E-state index in [-0.39, 0.29) is 12.8 Å². The zero-order valence-corrected chi connectivity index (χ0v) is 9.09. The molecule has 0 radical (unpaired) electrons. The van der Waals surface area contributed by atoms with Gasteiger partial charge < -0.3 is 15.2 Å². The van der Waals surface area contributed by atoms with Gasteiger partial charge in [0.15, 0.2) is 0 Å². The van der Waals surface area contributed by atoms with Crippen molar-refractivity contribution in [2.24, 2.45) is 0 Å². The molecule has 0 unspecified atom stereocenters. The van der Waals surface area contributed by atoms with E-state index in [1.807, 2.05) is 24.5 Å². The first-order valence-electron chi connectivity index (χ1n) is 5.04. The van der Waals surface area contributed by atoms with Crippen LogP contribution >= 0.6 is 0 Å². The van der Waals surface area contributed by atoms with Gasteiger partial charge in [0.05, 0.1) is 12.8 Å². The van der Waals surface area contributed by atoms with Crippen molar-refractivity contribution in [3.63, 3.8) is 0 Å². The largest absolute Gasteiger partial charge is 0.481 e. The number of carbonyl (C=O) groups is 2. The Bertz CT molecular complexity index is 460. The van der Waals surface area contributed by atoms with Crippen LogP contribution in [0.5, 0.6) is 0 Å². The van der Waals surface area contributed by atoms with Crippen molar-refractivity contribution >= 4 is 22.7 Å². The van der Waals surface area contributed by atoms with Crippen molar-refractivity contribution in [3.8, 4) is 0 Å². The van der Waals surface area contributed by atoms with Gasteiger partial charge in [-0.3, -0.25) is 9.59 Å². The van der Waals surface area contributed by atoms with E-state index in [2.05, 4.69) is 17.1 Å². The summed E-state index contributed by atoms with van der Waals surface area (Å²) in [5, 5.41) is 18.3. The van der Waals surface area contributed by atoms with Crippen LogP contribution in [-0.2, 0) is 9.59 Å². The fourth-order valence-corrected chi connectivity index (χ4v) is 1.21. The van der Waals surface area contributed by atoms with Gasteiger partial charge in [-0.2, -0.15) is 0 Å². The van der Waals surface area contributed by atoms with Crippen molar-refractivity contribution in [3.05, 3.63) is 36.7 Å². The molecule has 5 heteroatoms. The molecule has 0 spiro atoms. The molecule has 0 bridgehead atoms. The fourth-order valence-electron chi connectivity index (χ4n) is 1.21. The zero-order chi connectivity index (χ0) is 12.7. The predicted molar refractivity (Wildman–Crippen MR) is 62.8 cm³/mol. The van der Waals surface area contributed by atoms with Gasteiger partial charge in [0.1, 0.15) is 0 Å². The summed E-state index contributed by atoms with van der Waals surface area (Å²) in [6, 6.07) is 8.25. The van der Waals surface area contributed by atoms with Crippen LogP contribution in [0.2, 0.25) is 0 Å². The zero-order valence-electron chi connectivity index (χ0n) is 9.09. The molecule has 0 fully saturated rings. The Morgan fingerprint density at radius 1 is 0.941 bits per heavy atom. The van der Waals surface area contributed by atoms with Crippen molar-refractivity contribution in [1.29, 1.82) is 0 Å². The Morgan fingerprint density at radius 3 is 1.71 bits per heavy atom. The molecule has 1 aromatic carbocycles. The van der Waals surface area contributed by atoms with Crippen LogP contribution < -0.4 is 0 Å². The first kappa shape index (κ1) is 12.8. The van der Waals surface area contributed by atoms with Crippen LogP contribution in [0.25, 0.3) is 10.8 Å². The second-order valence-corrected chi connectivity index (χ2v) is 3.37. The molecule has 0 saturated carbocycles. The van der Waals surface area contributed by atoms with Gasteiger partial charge in [0, 0.05) is 12.4 Å². The molecule has 0 amide bonds. The Balaban J connectivity index is 0.000000172. The molecular weight excluding hydrogens is 222 g/mol. The number of nitrogens with one attached hydrogen (secondary N) is 1. The van der Waals surface area contributed by atoms with Crippen molar-refractivity contribution in [1.82, 2.24) is 4.98 Å². The summed E-state index contributed by atoms with van der Waals surface area (Å²) in [5.74, 6) is -2.15. The summed E-state index contributed by atoms with van der Waals surface area (Å²) in [5.41, 5.74) is 0. The molecule has 5 nitrogen and oxygen atoms in total. The van der Waals surface area contributed by atoms with Crippen LogP contribution in [0.1, 0.15) is 12.8 Å². The molecule has 0 saturated heterocycles. The summed E-state index contributed by atoms with van der Waals surface area (Å²) >= 11 is 0. The first-order chi connectivity index (χ1) is 8.09. The number of hydrogen-bond acceptors (Lipinski definition) is 2. The predicted octanol–water partition coefficient (Wildman–Crippen LogP) is 2.10. The highest BCUT2D eigenvalue weighted by Gasteiger charge is 2.00. The summed E-state index contributed by atoms with van der Waals surface area (Å²) in [7, 11) is 0. The highest BCUT2D eigenvalue weighted by atomic mass is 16.4. The third-order valence-electron chi connectivity index (χ3n) is 2.03. The van der Waals surface area contributed by atoms with Gasteiger partial charge >= 0.3 is 11.9 Å². The van der Waals surface area contributed by atoms with Crippen LogP contribution in [0, 0.1) is 0 Å². The van der Waals surface area contributed by atoms with Crippen LogP contribution in [-0.4, -0.2) is 27.1 Å². The first-order valence-corrected chi connectivity index (χ1v) is 5.04. The second-order valence-electron chi connectivity index (χ2n) is 3.37. The molecule has 3 N–H and O–H groups in total. The van der Waals surface area contributed by atoms with Gasteiger partial charge in [0.25, 0.3) is 0 Å². The van der Waals surface area contributed by atoms with Gasteiger partial charge in [0.2, 0.25) is 0 Å². The normalized spacial score (nSPS) is 9.41. The minimum atomic E-state index is -1.08. The number of benzene rings is 1. The lowest BCUT2D eigenvalue weighted by Gasteiger charge is -1.85. The summed E-state index contributed by atoms with van der Waals surface area (Å²) in [6.07, 6.45) is 3.40. The van der Waals surface area contributed by atoms with Crippen LogP contribution in [0.4, 0.5) is 0 Å². The van der Waals surface area contributed by atoms with Gasteiger partial charge in [-0.15, -0.1) is 0 Å². The van der Waals surface area contributed by atoms with Crippen molar-refractivity contribution in [2.75, 3.05) is 0 Å². The Morgan fingerprint density at radius 2 is 1.35 bits per heavy atom. The van der Waals surface area contributed by atoms with E-state index < -0.39 is 11.9 Å². The summed E-state index contributed by atoms with van der Waals surface area (Å²) < 4.78 is 0. The van der Waals surface area contributed by atoms with E-state index in [0.717, 1.165) is 0 Å². The average Bonchev–Trinajstić information content (AvgIpc) is 2.75. The van der Waals surface area contributed by atoms with Gasteiger partial charge in [-0.1, -0.05) is 24.3 Å². The van der Waals surface area contributed by atoms with E-state index in [4.69, 9.17) is 10.2 Å². The number of carboxylic acid groups (broad SMARTS) is 2. The van der Waals surface area contributed by atoms with E-state index in [9.17, 15) is 9.59 Å². The molecule has 0 atom stereocenters. The lowest BCUT2D eigenvalue weighted by Crippen LogP contribution is -2.00. The molecule has 0 aliphatic heterocycles. The molecule has 0 aliphatic rings. The molecule has 1 heterocycles. The summed E-state index contributed by atoms with van der Waals surface area (Å²) in [4.78, 5) is 22.3. The number of aromatic amines is 1. The molecule has 2 aromatic rings. The third-order valence-corrected chi connectivity index (χ3v) is 2.03. The molecule has 0 aliphatic carbocycles. The molecule has 90 valence electrons. The number of H-pyrrole nitrogens is 1. The Hall–Kier alpha value is -2.30. The maximum absolute atomic E-state index is 9.64. The maximum atomic E-state index is 9.64. The second kappa shape index (κ2) is 6.32. The number of aromatic nitrogens is 1. The van der Waals surface area contributed by atoms with Gasteiger partial charge in [-0.05, 0) is 10.8 Å². The topological polar surface area (TPSA) is 90.4 Å². The van der Waals surface area contributed by atoms with E-state index in [1.54, 1.807) is 0 Å². The maximum Gasteiger partial charge on any atom is 0.303 e. The number of rotatable bonds is 3. The van der Waals surface area contributed by atoms with E-state index >= 15 is 0 Å². The standard InChI is InChI=1S/C8H7N.C4H6O4/c1-2-4-8-6-9-5-7(8)3-1;5-3(6)1-2-4(7)8/h1-6,9H;1-2H2,(H,5,6)(H,7,8). The number of hydrogen-bond donors (Lipinski definition) is 3. The fraction of sp³-hybridized carbons (Fsp3) is 0.167. The SMILES string of the molecule is O=C(O)CCC(=O)O.c1ccc2c[nH]cc2c1. The minimum Gasteiger partial charge on any atom is -0.481 e. The highest BCUT2D eigenvalue weighted by Crippen LogP contribution is 2.10. The summed E-state index contributed by atoms with van der Waals surface area (Å²) in [6.45, 7) is 0. The third kappa shape index (κ3) is 4.83. The van der Waals surface area contributed by atoms with Crippen LogP contribution in [0.15, 0.2) is 36.7 Å². The monoisotopic (exact) mass is 235 g/mol. The van der Waals surface area contributed by atoms with E-state index in [1.165, 1.54) is 10.8 Å². The minimum absolute atomic E-state index is 0.296. The quantitative estimate of drug-likeness (QED) is 0.759. The lowest BCUT2D eigenvalue weighted by atomic mass is 10.2. The lowest BCUT2D eigenvalue weighted by molar-refractivity contribution is -0.143. The van der Waals surface area contributed by atoms with Crippen LogP contribution in [0.3, 0.4) is 0 Å². The van der Waals surface area contributed by atoms with Crippen molar-refractivity contribution < 1.29 is 19.8 Å². The average molecular weight is 235 g/mol. The van der Waals surface area contributed by atoms with E-state index in [0.29, 0.717) is 0 Å². The molecular formula is C12H13NO4. The molecule has 1 aromatic heterocycles. The Labute approximate surface area is 97.7 Å². The number of carboxylic acids is 2.